The summed E-state index contributed by atoms with van der Waals surface area (Å²) in [5.74, 6) is 0.458. The van der Waals surface area contributed by atoms with Crippen molar-refractivity contribution >= 4 is 37.7 Å². The molecule has 0 spiro atoms. The van der Waals surface area contributed by atoms with Crippen LogP contribution >= 0.6 is 0 Å². The minimum atomic E-state index is -0.0679. The van der Waals surface area contributed by atoms with Crippen molar-refractivity contribution in [2.75, 3.05) is 12.4 Å². The molecule has 2 heterocycles. The fraction of sp³-hybridized carbons (Fsp3) is 0.0952. The Labute approximate surface area is 157 Å². The molecule has 2 aromatic carbocycles. The van der Waals surface area contributed by atoms with Gasteiger partial charge in [-0.25, -0.2) is 0 Å². The van der Waals surface area contributed by atoms with E-state index >= 15 is 0 Å². The number of phenolic OH excluding ortho intramolecular Hbond substituents is 1. The number of methoxy groups -OCH3 is 1. The summed E-state index contributed by atoms with van der Waals surface area (Å²) in [6, 6.07) is 15.3. The average Bonchev–Trinajstić information content (AvgIpc) is 3.18. The third-order valence-corrected chi connectivity index (χ3v) is 6.35. The molecule has 0 saturated heterocycles. The Morgan fingerprint density at radius 2 is 1.85 bits per heavy atom. The van der Waals surface area contributed by atoms with Crippen LogP contribution in [0.3, 0.4) is 0 Å². The molecule has 1 amide bonds. The number of rotatable bonds is 3. The summed E-state index contributed by atoms with van der Waals surface area (Å²) in [4.78, 5) is 12.4. The summed E-state index contributed by atoms with van der Waals surface area (Å²) < 4.78 is 7.75. The number of amides is 1. The molecular weight excluding hydrogens is 393 g/mol. The molecule has 1 aromatic heterocycles. The zero-order chi connectivity index (χ0) is 18.3. The van der Waals surface area contributed by atoms with Crippen molar-refractivity contribution in [3.05, 3.63) is 63.0 Å². The van der Waals surface area contributed by atoms with Gasteiger partial charge >= 0.3 is 157 Å². The van der Waals surface area contributed by atoms with Gasteiger partial charge in [0.2, 0.25) is 0 Å². The topological polar surface area (TPSA) is 58.6 Å². The monoisotopic (exact) mass is 411 g/mol. The van der Waals surface area contributed by atoms with Crippen LogP contribution in [0.5, 0.6) is 11.5 Å². The van der Waals surface area contributed by atoms with E-state index in [0.717, 1.165) is 22.4 Å². The van der Waals surface area contributed by atoms with Crippen LogP contribution in [0.15, 0.2) is 48.5 Å². The Hall–Kier alpha value is -2.75. The van der Waals surface area contributed by atoms with Gasteiger partial charge in [-0.05, 0) is 0 Å². The van der Waals surface area contributed by atoms with Gasteiger partial charge in [-0.2, -0.15) is 0 Å². The van der Waals surface area contributed by atoms with Gasteiger partial charge in [-0.15, -0.1) is 0 Å². The van der Waals surface area contributed by atoms with Crippen LogP contribution in [-0.4, -0.2) is 32.6 Å². The fourth-order valence-electron chi connectivity index (χ4n) is 3.05. The number of ether oxygens (including phenoxy) is 1. The minimum absolute atomic E-state index is 0.0679. The van der Waals surface area contributed by atoms with Crippen molar-refractivity contribution < 1.29 is 14.6 Å². The number of aromatic hydroxyl groups is 1. The van der Waals surface area contributed by atoms with Crippen molar-refractivity contribution in [1.29, 1.82) is 0 Å². The van der Waals surface area contributed by atoms with E-state index in [0.29, 0.717) is 25.8 Å². The summed E-state index contributed by atoms with van der Waals surface area (Å²) in [6.45, 7) is 2.11. The molecule has 1 aliphatic rings. The molecule has 0 saturated carbocycles. The van der Waals surface area contributed by atoms with E-state index in [1.807, 2.05) is 30.3 Å². The summed E-state index contributed by atoms with van der Waals surface area (Å²) >= 11 is 0.304. The standard InChI is InChI=1S/C21H17NO3Se/c1-12-3-6-15(26-12)11-17-16-7-4-13(9-18(16)22-21(17)24)14-5-8-19(23)20(10-14)25-2/h3-11,23H,1-2H3,(H,22,24)/b17-11-. The normalized spacial score (nSPS) is 14.4. The number of fused-ring (bicyclic) bond motifs is 1. The molecule has 0 fully saturated rings. The Morgan fingerprint density at radius 3 is 2.58 bits per heavy atom. The summed E-state index contributed by atoms with van der Waals surface area (Å²) in [7, 11) is 1.52. The summed E-state index contributed by atoms with van der Waals surface area (Å²) in [5, 5.41) is 12.7. The maximum atomic E-state index is 12.4. The Kier molecular flexibility index (Phi) is 4.19. The van der Waals surface area contributed by atoms with Crippen molar-refractivity contribution in [2.45, 2.75) is 6.92 Å². The maximum absolute atomic E-state index is 12.4. The third kappa shape index (κ3) is 2.96. The predicted octanol–water partition coefficient (Wildman–Crippen LogP) is 3.93. The van der Waals surface area contributed by atoms with Gasteiger partial charge in [-0.3, -0.25) is 0 Å². The molecule has 26 heavy (non-hydrogen) atoms. The number of benzene rings is 2. The van der Waals surface area contributed by atoms with E-state index in [4.69, 9.17) is 4.74 Å². The van der Waals surface area contributed by atoms with Gasteiger partial charge in [0, 0.05) is 0 Å². The molecular formula is C21H17NO3Se. The zero-order valence-corrected chi connectivity index (χ0v) is 16.1. The number of carbonyl (C=O) groups excluding carboxylic acids is 1. The number of carbonyl (C=O) groups is 1. The summed E-state index contributed by atoms with van der Waals surface area (Å²) in [5.41, 5.74) is 4.31. The molecule has 0 radical (unpaired) electrons. The van der Waals surface area contributed by atoms with E-state index in [2.05, 4.69) is 24.4 Å². The van der Waals surface area contributed by atoms with Crippen LogP contribution in [0, 0.1) is 6.92 Å². The van der Waals surface area contributed by atoms with E-state index in [9.17, 15) is 9.90 Å². The van der Waals surface area contributed by atoms with Crippen LogP contribution < -0.4 is 10.1 Å². The Balaban J connectivity index is 1.74. The average molecular weight is 410 g/mol. The molecule has 0 bridgehead atoms. The van der Waals surface area contributed by atoms with Gasteiger partial charge in [0.05, 0.1) is 0 Å². The summed E-state index contributed by atoms with van der Waals surface area (Å²) in [6.07, 6.45) is 2.00. The predicted molar refractivity (Wildman–Crippen MR) is 105 cm³/mol. The first-order valence-electron chi connectivity index (χ1n) is 8.16. The molecule has 1 aliphatic heterocycles. The second-order valence-electron chi connectivity index (χ2n) is 6.11. The number of hydrogen-bond donors (Lipinski definition) is 2. The SMILES string of the molecule is COc1cc(-c2ccc3c(c2)NC(=O)/C3=C\c2ccc(C)[se]2)ccc1O. The van der Waals surface area contributed by atoms with Crippen molar-refractivity contribution in [1.82, 2.24) is 0 Å². The van der Waals surface area contributed by atoms with Gasteiger partial charge in [0.25, 0.3) is 0 Å². The Bertz CT molecular complexity index is 1050. The molecule has 2 N–H and O–H groups in total. The van der Waals surface area contributed by atoms with Gasteiger partial charge in [-0.1, -0.05) is 0 Å². The second-order valence-corrected chi connectivity index (χ2v) is 8.88. The first-order chi connectivity index (χ1) is 12.5. The van der Waals surface area contributed by atoms with E-state index in [1.165, 1.54) is 16.0 Å². The molecule has 4 nitrogen and oxygen atoms in total. The molecule has 5 heteroatoms. The Morgan fingerprint density at radius 1 is 1.08 bits per heavy atom. The van der Waals surface area contributed by atoms with Crippen LogP contribution in [0.1, 0.15) is 14.4 Å². The molecule has 4 rings (SSSR count). The first kappa shape index (κ1) is 16.7. The molecule has 0 unspecified atom stereocenters. The molecule has 130 valence electrons. The quantitative estimate of drug-likeness (QED) is 0.508. The van der Waals surface area contributed by atoms with Crippen molar-refractivity contribution in [2.24, 2.45) is 0 Å². The van der Waals surface area contributed by atoms with Gasteiger partial charge in [0.1, 0.15) is 0 Å². The van der Waals surface area contributed by atoms with Gasteiger partial charge < -0.3 is 0 Å². The zero-order valence-electron chi connectivity index (χ0n) is 14.4. The molecule has 0 aliphatic carbocycles. The van der Waals surface area contributed by atoms with Crippen LogP contribution in [-0.2, 0) is 4.79 Å². The van der Waals surface area contributed by atoms with Crippen molar-refractivity contribution in [3.63, 3.8) is 0 Å². The number of hydrogen-bond acceptors (Lipinski definition) is 3. The van der Waals surface area contributed by atoms with Crippen molar-refractivity contribution in [3.8, 4) is 22.6 Å². The second kappa shape index (κ2) is 6.52. The fourth-order valence-corrected chi connectivity index (χ4v) is 4.77. The molecule has 0 atom stereocenters. The number of nitrogens with one attached hydrogen (secondary N) is 1. The number of phenols is 1. The van der Waals surface area contributed by atoms with Crippen LogP contribution in [0.25, 0.3) is 22.8 Å². The van der Waals surface area contributed by atoms with Crippen LogP contribution in [0.4, 0.5) is 5.69 Å². The molecule has 3 aromatic rings. The van der Waals surface area contributed by atoms with E-state index in [1.54, 1.807) is 12.1 Å². The van der Waals surface area contributed by atoms with E-state index in [-0.39, 0.29) is 11.7 Å². The van der Waals surface area contributed by atoms with Crippen LogP contribution in [0.2, 0.25) is 0 Å². The first-order valence-corrected chi connectivity index (χ1v) is 9.88. The number of anilines is 1. The van der Waals surface area contributed by atoms with E-state index < -0.39 is 0 Å². The third-order valence-electron chi connectivity index (χ3n) is 4.36. The van der Waals surface area contributed by atoms with Gasteiger partial charge in [0.15, 0.2) is 0 Å². The number of aryl methyl sites for hydroxylation is 1.